The fourth-order valence-corrected chi connectivity index (χ4v) is 2.36. The fraction of sp³-hybridized carbons (Fsp3) is 0.421. The van der Waals surface area contributed by atoms with Crippen LogP contribution in [0.5, 0.6) is 0 Å². The van der Waals surface area contributed by atoms with E-state index in [2.05, 4.69) is 20.8 Å². The Hall–Kier alpha value is -2.63. The number of aromatic nitrogens is 2. The second-order valence-corrected chi connectivity index (χ2v) is 7.50. The van der Waals surface area contributed by atoms with E-state index in [1.165, 1.54) is 0 Å². The van der Waals surface area contributed by atoms with Crippen molar-refractivity contribution in [2.24, 2.45) is 0 Å². The number of benzene rings is 1. The molecule has 0 spiro atoms. The van der Waals surface area contributed by atoms with Crippen molar-refractivity contribution >= 4 is 17.5 Å². The standard InChI is InChI=1S/C19H26N4O2/c1-11(2)15-10-16(23-22-15)18(25)20-14-9-7-8-13(12(14)3)17(24)21-19(4,5)6/h7-11H,1-6H3,(H,20,25)(H,21,24)(H,22,23). The monoisotopic (exact) mass is 342 g/mol. The maximum absolute atomic E-state index is 12.4. The molecule has 0 unspecified atom stereocenters. The quantitative estimate of drug-likeness (QED) is 0.793. The van der Waals surface area contributed by atoms with Gasteiger partial charge in [0, 0.05) is 22.5 Å². The second kappa shape index (κ2) is 7.09. The Morgan fingerprint density at radius 3 is 2.40 bits per heavy atom. The lowest BCUT2D eigenvalue weighted by Crippen LogP contribution is -2.40. The predicted molar refractivity (Wildman–Crippen MR) is 99.0 cm³/mol. The van der Waals surface area contributed by atoms with E-state index in [0.29, 0.717) is 16.9 Å². The molecule has 134 valence electrons. The molecule has 0 saturated heterocycles. The van der Waals surface area contributed by atoms with Gasteiger partial charge < -0.3 is 10.6 Å². The van der Waals surface area contributed by atoms with Crippen LogP contribution in [0, 0.1) is 6.92 Å². The van der Waals surface area contributed by atoms with E-state index in [1.807, 2.05) is 41.5 Å². The zero-order valence-corrected chi connectivity index (χ0v) is 15.7. The van der Waals surface area contributed by atoms with Gasteiger partial charge in [-0.1, -0.05) is 19.9 Å². The molecule has 3 N–H and O–H groups in total. The smallest absolute Gasteiger partial charge is 0.276 e. The summed E-state index contributed by atoms with van der Waals surface area (Å²) in [5, 5.41) is 12.7. The molecule has 0 atom stereocenters. The molecule has 0 saturated carbocycles. The number of hydrogen-bond donors (Lipinski definition) is 3. The first-order valence-electron chi connectivity index (χ1n) is 8.37. The van der Waals surface area contributed by atoms with Gasteiger partial charge in [0.25, 0.3) is 11.8 Å². The lowest BCUT2D eigenvalue weighted by atomic mass is 10.0. The number of carbonyl (C=O) groups excluding carboxylic acids is 2. The summed E-state index contributed by atoms with van der Waals surface area (Å²) in [4.78, 5) is 24.8. The largest absolute Gasteiger partial charge is 0.347 e. The van der Waals surface area contributed by atoms with Crippen molar-refractivity contribution in [2.75, 3.05) is 5.32 Å². The van der Waals surface area contributed by atoms with Gasteiger partial charge in [0.1, 0.15) is 0 Å². The summed E-state index contributed by atoms with van der Waals surface area (Å²) >= 11 is 0. The number of aromatic amines is 1. The van der Waals surface area contributed by atoms with Gasteiger partial charge in [-0.25, -0.2) is 0 Å². The van der Waals surface area contributed by atoms with Crippen LogP contribution in [0.25, 0.3) is 0 Å². The molecular formula is C19H26N4O2. The molecule has 25 heavy (non-hydrogen) atoms. The van der Waals surface area contributed by atoms with Crippen LogP contribution in [0.4, 0.5) is 5.69 Å². The summed E-state index contributed by atoms with van der Waals surface area (Å²) in [5.74, 6) is -0.206. The Morgan fingerprint density at radius 1 is 1.16 bits per heavy atom. The molecule has 0 aliphatic carbocycles. The zero-order valence-electron chi connectivity index (χ0n) is 15.7. The van der Waals surface area contributed by atoms with Crippen molar-refractivity contribution in [1.82, 2.24) is 15.5 Å². The Labute approximate surface area is 148 Å². The van der Waals surface area contributed by atoms with Crippen LogP contribution >= 0.6 is 0 Å². The summed E-state index contributed by atoms with van der Waals surface area (Å²) in [6, 6.07) is 7.02. The van der Waals surface area contributed by atoms with Crippen LogP contribution in [0.1, 0.15) is 72.6 Å². The fourth-order valence-electron chi connectivity index (χ4n) is 2.36. The first-order chi connectivity index (χ1) is 11.6. The molecule has 1 heterocycles. The van der Waals surface area contributed by atoms with Gasteiger partial charge in [-0.05, 0) is 57.4 Å². The lowest BCUT2D eigenvalue weighted by Gasteiger charge is -2.21. The molecule has 1 aromatic carbocycles. The highest BCUT2D eigenvalue weighted by Gasteiger charge is 2.19. The molecule has 1 aromatic heterocycles. The average molecular weight is 342 g/mol. The molecule has 0 aliphatic rings. The van der Waals surface area contributed by atoms with Gasteiger partial charge in [0.15, 0.2) is 5.69 Å². The van der Waals surface area contributed by atoms with Crippen molar-refractivity contribution in [1.29, 1.82) is 0 Å². The van der Waals surface area contributed by atoms with Crippen LogP contribution in [0.3, 0.4) is 0 Å². The number of anilines is 1. The van der Waals surface area contributed by atoms with Gasteiger partial charge in [-0.15, -0.1) is 0 Å². The van der Waals surface area contributed by atoms with Crippen molar-refractivity contribution in [3.63, 3.8) is 0 Å². The van der Waals surface area contributed by atoms with E-state index in [-0.39, 0.29) is 23.3 Å². The van der Waals surface area contributed by atoms with E-state index in [4.69, 9.17) is 0 Å². The third kappa shape index (κ3) is 4.68. The molecule has 6 heteroatoms. The summed E-state index contributed by atoms with van der Waals surface area (Å²) in [5.41, 5.74) is 2.76. The molecule has 0 aliphatic heterocycles. The summed E-state index contributed by atoms with van der Waals surface area (Å²) < 4.78 is 0. The first kappa shape index (κ1) is 18.7. The SMILES string of the molecule is Cc1c(NC(=O)c2cc(C(C)C)[nH]n2)cccc1C(=O)NC(C)(C)C. The maximum atomic E-state index is 12.4. The maximum Gasteiger partial charge on any atom is 0.276 e. The zero-order chi connectivity index (χ0) is 18.8. The minimum atomic E-state index is -0.328. The number of amides is 2. The van der Waals surface area contributed by atoms with Gasteiger partial charge in [0.2, 0.25) is 0 Å². The van der Waals surface area contributed by atoms with Gasteiger partial charge in [-0.3, -0.25) is 14.7 Å². The highest BCUT2D eigenvalue weighted by Crippen LogP contribution is 2.21. The molecule has 0 fully saturated rings. The van der Waals surface area contributed by atoms with E-state index in [9.17, 15) is 9.59 Å². The van der Waals surface area contributed by atoms with E-state index in [0.717, 1.165) is 11.3 Å². The van der Waals surface area contributed by atoms with Gasteiger partial charge in [-0.2, -0.15) is 5.10 Å². The van der Waals surface area contributed by atoms with E-state index >= 15 is 0 Å². The van der Waals surface area contributed by atoms with E-state index in [1.54, 1.807) is 24.3 Å². The Morgan fingerprint density at radius 2 is 1.84 bits per heavy atom. The van der Waals surface area contributed by atoms with Crippen LogP contribution in [-0.2, 0) is 0 Å². The topological polar surface area (TPSA) is 86.9 Å². The number of hydrogen-bond acceptors (Lipinski definition) is 3. The second-order valence-electron chi connectivity index (χ2n) is 7.50. The van der Waals surface area contributed by atoms with Crippen molar-refractivity contribution in [3.8, 4) is 0 Å². The molecule has 0 bridgehead atoms. The molecule has 2 aromatic rings. The number of nitrogens with zero attached hydrogens (tertiary/aromatic N) is 1. The van der Waals surface area contributed by atoms with Crippen LogP contribution in [0.2, 0.25) is 0 Å². The van der Waals surface area contributed by atoms with Gasteiger partial charge in [0.05, 0.1) is 0 Å². The van der Waals surface area contributed by atoms with Gasteiger partial charge >= 0.3 is 0 Å². The minimum Gasteiger partial charge on any atom is -0.347 e. The number of carbonyl (C=O) groups is 2. The van der Waals surface area contributed by atoms with E-state index < -0.39 is 0 Å². The molecule has 6 nitrogen and oxygen atoms in total. The summed E-state index contributed by atoms with van der Waals surface area (Å²) in [6.07, 6.45) is 0. The predicted octanol–water partition coefficient (Wildman–Crippen LogP) is 3.62. The van der Waals surface area contributed by atoms with Crippen molar-refractivity contribution in [2.45, 2.75) is 53.0 Å². The number of rotatable bonds is 4. The highest BCUT2D eigenvalue weighted by atomic mass is 16.2. The van der Waals surface area contributed by atoms with Crippen LogP contribution in [0.15, 0.2) is 24.3 Å². The Kier molecular flexibility index (Phi) is 5.30. The van der Waals surface area contributed by atoms with Crippen molar-refractivity contribution < 1.29 is 9.59 Å². The Balaban J connectivity index is 2.21. The third-order valence-corrected chi connectivity index (χ3v) is 3.77. The summed E-state index contributed by atoms with van der Waals surface area (Å²) in [6.45, 7) is 11.6. The normalized spacial score (nSPS) is 11.5. The highest BCUT2D eigenvalue weighted by molar-refractivity contribution is 6.05. The number of H-pyrrole nitrogens is 1. The van der Waals surface area contributed by atoms with Crippen LogP contribution in [-0.4, -0.2) is 27.6 Å². The molecule has 2 amide bonds. The number of nitrogens with one attached hydrogen (secondary N) is 3. The average Bonchev–Trinajstić information content (AvgIpc) is 2.97. The molecule has 2 rings (SSSR count). The lowest BCUT2D eigenvalue weighted by molar-refractivity contribution is 0.0917. The van der Waals surface area contributed by atoms with Crippen molar-refractivity contribution in [3.05, 3.63) is 46.8 Å². The molecule has 0 radical (unpaired) electrons. The third-order valence-electron chi connectivity index (χ3n) is 3.77. The van der Waals surface area contributed by atoms with Crippen LogP contribution < -0.4 is 10.6 Å². The first-order valence-corrected chi connectivity index (χ1v) is 8.37. The summed E-state index contributed by atoms with van der Waals surface area (Å²) in [7, 11) is 0. The molecular weight excluding hydrogens is 316 g/mol. The minimum absolute atomic E-state index is 0.164. The Bertz CT molecular complexity index is 785.